The van der Waals surface area contributed by atoms with Crippen molar-refractivity contribution in [2.75, 3.05) is 6.54 Å². The highest BCUT2D eigenvalue weighted by Gasteiger charge is 2.26. The van der Waals surface area contributed by atoms with Crippen molar-refractivity contribution in [3.05, 3.63) is 30.0 Å². The molecule has 0 radical (unpaired) electrons. The summed E-state index contributed by atoms with van der Waals surface area (Å²) in [6, 6.07) is 7.31. The molecule has 0 bridgehead atoms. The third-order valence-electron chi connectivity index (χ3n) is 3.40. The highest BCUT2D eigenvalue weighted by Crippen LogP contribution is 2.18. The van der Waals surface area contributed by atoms with E-state index in [1.807, 2.05) is 18.2 Å². The summed E-state index contributed by atoms with van der Waals surface area (Å²) in [5.41, 5.74) is 0.988. The highest BCUT2D eigenvalue weighted by molar-refractivity contribution is 6.02. The predicted molar refractivity (Wildman–Crippen MR) is 72.2 cm³/mol. The lowest BCUT2D eigenvalue weighted by Gasteiger charge is -2.13. The second-order valence-corrected chi connectivity index (χ2v) is 4.80. The van der Waals surface area contributed by atoms with Crippen LogP contribution < -0.4 is 5.32 Å². The zero-order valence-electron chi connectivity index (χ0n) is 10.9. The lowest BCUT2D eigenvalue weighted by molar-refractivity contribution is -0.129. The van der Waals surface area contributed by atoms with Crippen LogP contribution in [-0.2, 0) is 9.53 Å². The first-order chi connectivity index (χ1) is 9.75. The molecule has 20 heavy (non-hydrogen) atoms. The van der Waals surface area contributed by atoms with Gasteiger partial charge < -0.3 is 10.1 Å². The SMILES string of the molecule is O=C(OC1CCCCNC1=O)c1n[nH]c2ccccc12. The fourth-order valence-electron chi connectivity index (χ4n) is 2.33. The van der Waals surface area contributed by atoms with E-state index in [1.54, 1.807) is 6.07 Å². The number of nitrogens with zero attached hydrogens (tertiary/aromatic N) is 1. The second-order valence-electron chi connectivity index (χ2n) is 4.80. The molecule has 1 aromatic heterocycles. The quantitative estimate of drug-likeness (QED) is 0.810. The van der Waals surface area contributed by atoms with Crippen molar-refractivity contribution in [2.45, 2.75) is 25.4 Å². The number of carbonyl (C=O) groups is 2. The number of hydrogen-bond acceptors (Lipinski definition) is 4. The third kappa shape index (κ3) is 2.36. The first kappa shape index (κ1) is 12.7. The molecule has 6 nitrogen and oxygen atoms in total. The fraction of sp³-hybridized carbons (Fsp3) is 0.357. The number of aromatic nitrogens is 2. The molecule has 2 heterocycles. The largest absolute Gasteiger partial charge is 0.447 e. The Morgan fingerprint density at radius 1 is 1.30 bits per heavy atom. The molecular formula is C14H15N3O3. The van der Waals surface area contributed by atoms with Crippen molar-refractivity contribution >= 4 is 22.8 Å². The van der Waals surface area contributed by atoms with Gasteiger partial charge >= 0.3 is 5.97 Å². The summed E-state index contributed by atoms with van der Waals surface area (Å²) in [5, 5.41) is 10.2. The Bertz CT molecular complexity index is 650. The van der Waals surface area contributed by atoms with E-state index in [9.17, 15) is 9.59 Å². The van der Waals surface area contributed by atoms with Gasteiger partial charge in [0.05, 0.1) is 5.52 Å². The van der Waals surface area contributed by atoms with E-state index in [2.05, 4.69) is 15.5 Å². The normalized spacial score (nSPS) is 19.4. The number of ether oxygens (including phenoxy) is 1. The number of para-hydroxylation sites is 1. The maximum Gasteiger partial charge on any atom is 0.360 e. The summed E-state index contributed by atoms with van der Waals surface area (Å²) in [4.78, 5) is 23.9. The molecule has 0 aliphatic carbocycles. The minimum Gasteiger partial charge on any atom is -0.447 e. The van der Waals surface area contributed by atoms with E-state index in [0.29, 0.717) is 18.4 Å². The van der Waals surface area contributed by atoms with Gasteiger partial charge in [-0.25, -0.2) is 4.79 Å². The maximum absolute atomic E-state index is 12.2. The van der Waals surface area contributed by atoms with Gasteiger partial charge in [-0.15, -0.1) is 0 Å². The molecule has 6 heteroatoms. The van der Waals surface area contributed by atoms with E-state index in [1.165, 1.54) is 0 Å². The lowest BCUT2D eigenvalue weighted by atomic mass is 10.1. The summed E-state index contributed by atoms with van der Waals surface area (Å²) < 4.78 is 5.30. The lowest BCUT2D eigenvalue weighted by Crippen LogP contribution is -2.36. The van der Waals surface area contributed by atoms with Crippen molar-refractivity contribution in [1.29, 1.82) is 0 Å². The van der Waals surface area contributed by atoms with Gasteiger partial charge in [-0.3, -0.25) is 9.89 Å². The third-order valence-corrected chi connectivity index (χ3v) is 3.40. The summed E-state index contributed by atoms with van der Waals surface area (Å²) in [6.07, 6.45) is 1.60. The van der Waals surface area contributed by atoms with Gasteiger partial charge in [0.25, 0.3) is 5.91 Å². The first-order valence-corrected chi connectivity index (χ1v) is 6.67. The Balaban J connectivity index is 1.80. The number of esters is 1. The number of H-pyrrole nitrogens is 1. The average molecular weight is 273 g/mol. The van der Waals surface area contributed by atoms with Crippen LogP contribution in [0.25, 0.3) is 10.9 Å². The minimum absolute atomic E-state index is 0.220. The molecule has 1 saturated heterocycles. The summed E-state index contributed by atoms with van der Waals surface area (Å²) >= 11 is 0. The van der Waals surface area contributed by atoms with Crippen LogP contribution in [0, 0.1) is 0 Å². The molecule has 0 saturated carbocycles. The molecule has 1 fully saturated rings. The predicted octanol–water partition coefficient (Wildman–Crippen LogP) is 1.39. The molecule has 1 aliphatic rings. The van der Waals surface area contributed by atoms with E-state index >= 15 is 0 Å². The van der Waals surface area contributed by atoms with Crippen LogP contribution in [0.1, 0.15) is 29.8 Å². The van der Waals surface area contributed by atoms with E-state index in [0.717, 1.165) is 18.4 Å². The number of amides is 1. The standard InChI is InChI=1S/C14H15N3O3/c18-13-11(7-3-4-8-15-13)20-14(19)12-9-5-1-2-6-10(9)16-17-12/h1-2,5-6,11H,3-4,7-8H2,(H,15,18)(H,16,17). The topological polar surface area (TPSA) is 84.1 Å². The van der Waals surface area contributed by atoms with E-state index in [-0.39, 0.29) is 11.6 Å². The van der Waals surface area contributed by atoms with Crippen LogP contribution in [-0.4, -0.2) is 34.7 Å². The minimum atomic E-state index is -0.722. The van der Waals surface area contributed by atoms with Crippen LogP contribution in [0.15, 0.2) is 24.3 Å². The van der Waals surface area contributed by atoms with Crippen molar-refractivity contribution in [1.82, 2.24) is 15.5 Å². The molecule has 2 aromatic rings. The van der Waals surface area contributed by atoms with Crippen LogP contribution in [0.2, 0.25) is 0 Å². The van der Waals surface area contributed by atoms with Gasteiger partial charge in [-0.2, -0.15) is 5.10 Å². The van der Waals surface area contributed by atoms with Crippen molar-refractivity contribution in [3.8, 4) is 0 Å². The van der Waals surface area contributed by atoms with Crippen LogP contribution in [0.3, 0.4) is 0 Å². The Hall–Kier alpha value is -2.37. The molecule has 2 N–H and O–H groups in total. The number of benzene rings is 1. The molecule has 1 unspecified atom stereocenters. The molecule has 1 aromatic carbocycles. The van der Waals surface area contributed by atoms with Gasteiger partial charge in [0, 0.05) is 11.9 Å². The summed E-state index contributed by atoms with van der Waals surface area (Å²) in [5.74, 6) is -0.791. The van der Waals surface area contributed by atoms with E-state index < -0.39 is 12.1 Å². The average Bonchev–Trinajstić information content (AvgIpc) is 2.79. The molecule has 3 rings (SSSR count). The molecular weight excluding hydrogens is 258 g/mol. The number of carbonyl (C=O) groups excluding carboxylic acids is 2. The van der Waals surface area contributed by atoms with Gasteiger partial charge in [0.15, 0.2) is 11.8 Å². The number of rotatable bonds is 2. The first-order valence-electron chi connectivity index (χ1n) is 6.67. The Kier molecular flexibility index (Phi) is 3.37. The van der Waals surface area contributed by atoms with Crippen molar-refractivity contribution < 1.29 is 14.3 Å². The maximum atomic E-state index is 12.2. The number of hydrogen-bond donors (Lipinski definition) is 2. The number of nitrogens with one attached hydrogen (secondary N) is 2. The molecule has 1 atom stereocenters. The molecule has 104 valence electrons. The van der Waals surface area contributed by atoms with Gasteiger partial charge in [0.1, 0.15) is 0 Å². The van der Waals surface area contributed by atoms with E-state index in [4.69, 9.17) is 4.74 Å². The summed E-state index contributed by atoms with van der Waals surface area (Å²) in [7, 11) is 0. The zero-order valence-corrected chi connectivity index (χ0v) is 10.9. The Labute approximate surface area is 115 Å². The zero-order chi connectivity index (χ0) is 13.9. The number of aromatic amines is 1. The van der Waals surface area contributed by atoms with Gasteiger partial charge in [-0.1, -0.05) is 18.2 Å². The fourth-order valence-corrected chi connectivity index (χ4v) is 2.33. The van der Waals surface area contributed by atoms with Crippen LogP contribution in [0.5, 0.6) is 0 Å². The van der Waals surface area contributed by atoms with Crippen molar-refractivity contribution in [2.24, 2.45) is 0 Å². The number of fused-ring (bicyclic) bond motifs is 1. The molecule has 1 aliphatic heterocycles. The van der Waals surface area contributed by atoms with Crippen molar-refractivity contribution in [3.63, 3.8) is 0 Å². The van der Waals surface area contributed by atoms with Gasteiger partial charge in [0.2, 0.25) is 0 Å². The smallest absolute Gasteiger partial charge is 0.360 e. The second kappa shape index (κ2) is 5.32. The molecule has 0 spiro atoms. The Morgan fingerprint density at radius 2 is 2.15 bits per heavy atom. The van der Waals surface area contributed by atoms with Gasteiger partial charge in [-0.05, 0) is 25.3 Å². The molecule has 1 amide bonds. The Morgan fingerprint density at radius 3 is 3.05 bits per heavy atom. The monoisotopic (exact) mass is 273 g/mol. The van der Waals surface area contributed by atoms with Crippen LogP contribution >= 0.6 is 0 Å². The highest BCUT2D eigenvalue weighted by atomic mass is 16.5. The van der Waals surface area contributed by atoms with Crippen LogP contribution in [0.4, 0.5) is 0 Å². The summed E-state index contributed by atoms with van der Waals surface area (Å²) in [6.45, 7) is 0.637.